The van der Waals surface area contributed by atoms with Gasteiger partial charge in [0, 0.05) is 19.3 Å². The molecule has 6 heteroatoms. The number of rotatable bonds is 51. The molecule has 370 valence electrons. The molecule has 0 bridgehead atoms. The van der Waals surface area contributed by atoms with Gasteiger partial charge in [-0.1, -0.05) is 257 Å². The van der Waals surface area contributed by atoms with Crippen LogP contribution in [0.2, 0.25) is 0 Å². The molecule has 0 aliphatic carbocycles. The lowest BCUT2D eigenvalue weighted by Gasteiger charge is -2.18. The topological polar surface area (TPSA) is 78.9 Å². The summed E-state index contributed by atoms with van der Waals surface area (Å²) in [5.74, 6) is -0.858. The van der Waals surface area contributed by atoms with Crippen molar-refractivity contribution in [2.24, 2.45) is 0 Å². The molecule has 0 fully saturated rings. The Morgan fingerprint density at radius 3 is 0.905 bits per heavy atom. The van der Waals surface area contributed by atoms with Crippen LogP contribution < -0.4 is 0 Å². The average Bonchev–Trinajstić information content (AvgIpc) is 3.28. The van der Waals surface area contributed by atoms with E-state index < -0.39 is 6.10 Å². The molecule has 6 nitrogen and oxygen atoms in total. The van der Waals surface area contributed by atoms with Crippen LogP contribution in [-0.4, -0.2) is 37.2 Å². The molecule has 0 spiro atoms. The SMILES string of the molecule is CCCCC/C=C\C/C=C\CCCCCCCCCC(=O)O[C@@H](COC(=O)CCCCCCCCCCCCCCC)COC(=O)CCCCCCCCCCCCCCCCC. The molecule has 0 aromatic rings. The van der Waals surface area contributed by atoms with Crippen LogP contribution in [-0.2, 0) is 28.6 Å². The molecule has 1 atom stereocenters. The summed E-state index contributed by atoms with van der Waals surface area (Å²) in [6.07, 6.45) is 60.1. The van der Waals surface area contributed by atoms with Gasteiger partial charge >= 0.3 is 17.9 Å². The average molecular weight is 887 g/mol. The minimum atomic E-state index is -0.769. The van der Waals surface area contributed by atoms with E-state index in [0.29, 0.717) is 19.3 Å². The monoisotopic (exact) mass is 887 g/mol. The first-order valence-electron chi connectivity index (χ1n) is 27.8. The molecule has 0 aliphatic heterocycles. The molecule has 0 radical (unpaired) electrons. The highest BCUT2D eigenvalue weighted by molar-refractivity contribution is 5.71. The molecule has 0 aromatic carbocycles. The van der Waals surface area contributed by atoms with Crippen molar-refractivity contribution in [3.05, 3.63) is 24.3 Å². The summed E-state index contributed by atoms with van der Waals surface area (Å²) in [7, 11) is 0. The third-order valence-corrected chi connectivity index (χ3v) is 12.5. The largest absolute Gasteiger partial charge is 0.462 e. The predicted molar refractivity (Wildman–Crippen MR) is 270 cm³/mol. The number of hydrogen-bond donors (Lipinski definition) is 0. The zero-order valence-electron chi connectivity index (χ0n) is 42.4. The van der Waals surface area contributed by atoms with Crippen molar-refractivity contribution < 1.29 is 28.6 Å². The summed E-state index contributed by atoms with van der Waals surface area (Å²) in [4.78, 5) is 38.1. The number of unbranched alkanes of at least 4 members (excludes halogenated alkanes) is 36. The van der Waals surface area contributed by atoms with Crippen molar-refractivity contribution in [3.63, 3.8) is 0 Å². The van der Waals surface area contributed by atoms with Crippen LogP contribution in [0.1, 0.15) is 303 Å². The summed E-state index contributed by atoms with van der Waals surface area (Å²) < 4.78 is 16.9. The lowest BCUT2D eigenvalue weighted by atomic mass is 10.0. The minimum absolute atomic E-state index is 0.0692. The second kappa shape index (κ2) is 52.5. The van der Waals surface area contributed by atoms with Crippen molar-refractivity contribution in [2.75, 3.05) is 13.2 Å². The number of allylic oxidation sites excluding steroid dienone is 4. The van der Waals surface area contributed by atoms with Gasteiger partial charge in [0.2, 0.25) is 0 Å². The summed E-state index contributed by atoms with van der Waals surface area (Å²) in [6, 6.07) is 0. The Labute approximate surface area is 392 Å². The quantitative estimate of drug-likeness (QED) is 0.0262. The van der Waals surface area contributed by atoms with E-state index in [1.807, 2.05) is 0 Å². The first kappa shape index (κ1) is 60.9. The molecule has 0 aromatic heterocycles. The highest BCUT2D eigenvalue weighted by Gasteiger charge is 2.19. The maximum absolute atomic E-state index is 12.8. The second-order valence-corrected chi connectivity index (χ2v) is 18.9. The van der Waals surface area contributed by atoms with Crippen LogP contribution in [0.4, 0.5) is 0 Å². The number of ether oxygens (including phenoxy) is 3. The lowest BCUT2D eigenvalue weighted by Crippen LogP contribution is -2.30. The van der Waals surface area contributed by atoms with Crippen molar-refractivity contribution in [1.29, 1.82) is 0 Å². The van der Waals surface area contributed by atoms with Crippen LogP contribution in [0, 0.1) is 0 Å². The van der Waals surface area contributed by atoms with Gasteiger partial charge in [-0.05, 0) is 51.4 Å². The Balaban J connectivity index is 4.34. The van der Waals surface area contributed by atoms with Crippen molar-refractivity contribution in [1.82, 2.24) is 0 Å². The van der Waals surface area contributed by atoms with Gasteiger partial charge in [0.25, 0.3) is 0 Å². The van der Waals surface area contributed by atoms with Gasteiger partial charge in [-0.15, -0.1) is 0 Å². The van der Waals surface area contributed by atoms with Gasteiger partial charge in [-0.25, -0.2) is 0 Å². The zero-order valence-corrected chi connectivity index (χ0v) is 42.4. The highest BCUT2D eigenvalue weighted by atomic mass is 16.6. The Hall–Kier alpha value is -2.11. The summed E-state index contributed by atoms with van der Waals surface area (Å²) in [5, 5.41) is 0. The number of hydrogen-bond acceptors (Lipinski definition) is 6. The molecule has 0 saturated carbocycles. The Morgan fingerprint density at radius 1 is 0.317 bits per heavy atom. The van der Waals surface area contributed by atoms with E-state index in [1.165, 1.54) is 193 Å². The Morgan fingerprint density at radius 2 is 0.571 bits per heavy atom. The Bertz CT molecular complexity index is 1020. The Kier molecular flexibility index (Phi) is 50.8. The third-order valence-electron chi connectivity index (χ3n) is 12.5. The molecule has 0 N–H and O–H groups in total. The maximum Gasteiger partial charge on any atom is 0.306 e. The standard InChI is InChI=1S/C57H106O6/c1-4-7-10-13-16-19-22-25-27-28-30-33-36-39-42-45-48-51-57(60)63-54(52-61-55(58)49-46-43-40-37-34-31-24-21-18-15-12-9-6-3)53-62-56(59)50-47-44-41-38-35-32-29-26-23-20-17-14-11-8-5-2/h16,19,25,27,54H,4-15,17-18,20-24,26,28-53H2,1-3H3/b19-16-,27-25-/t54-/m0/s1. The van der Waals surface area contributed by atoms with Crippen molar-refractivity contribution in [2.45, 2.75) is 309 Å². The summed E-state index contributed by atoms with van der Waals surface area (Å²) in [6.45, 7) is 6.65. The second-order valence-electron chi connectivity index (χ2n) is 18.9. The number of carbonyl (C=O) groups excluding carboxylic acids is 3. The van der Waals surface area contributed by atoms with E-state index in [-0.39, 0.29) is 31.1 Å². The van der Waals surface area contributed by atoms with Crippen LogP contribution in [0.25, 0.3) is 0 Å². The van der Waals surface area contributed by atoms with Crippen LogP contribution in [0.15, 0.2) is 24.3 Å². The van der Waals surface area contributed by atoms with E-state index in [2.05, 4.69) is 45.1 Å². The number of carbonyl (C=O) groups is 3. The van der Waals surface area contributed by atoms with Crippen LogP contribution in [0.3, 0.4) is 0 Å². The molecular weight excluding hydrogens is 781 g/mol. The molecule has 0 aliphatic rings. The van der Waals surface area contributed by atoms with E-state index in [9.17, 15) is 14.4 Å². The van der Waals surface area contributed by atoms with Crippen LogP contribution in [0.5, 0.6) is 0 Å². The van der Waals surface area contributed by atoms with E-state index >= 15 is 0 Å². The fraction of sp³-hybridized carbons (Fsp3) is 0.877. The molecule has 0 saturated heterocycles. The number of esters is 3. The van der Waals surface area contributed by atoms with Crippen molar-refractivity contribution in [3.8, 4) is 0 Å². The molecule has 0 amide bonds. The summed E-state index contributed by atoms with van der Waals surface area (Å²) >= 11 is 0. The van der Waals surface area contributed by atoms with E-state index in [0.717, 1.165) is 70.6 Å². The minimum Gasteiger partial charge on any atom is -0.462 e. The lowest BCUT2D eigenvalue weighted by molar-refractivity contribution is -0.167. The van der Waals surface area contributed by atoms with Gasteiger partial charge < -0.3 is 14.2 Å². The first-order valence-corrected chi connectivity index (χ1v) is 27.8. The smallest absolute Gasteiger partial charge is 0.306 e. The fourth-order valence-electron chi connectivity index (χ4n) is 8.24. The molecule has 0 heterocycles. The van der Waals surface area contributed by atoms with E-state index in [4.69, 9.17) is 14.2 Å². The highest BCUT2D eigenvalue weighted by Crippen LogP contribution is 2.16. The van der Waals surface area contributed by atoms with E-state index in [1.54, 1.807) is 0 Å². The first-order chi connectivity index (χ1) is 31.0. The van der Waals surface area contributed by atoms with Gasteiger partial charge in [0.1, 0.15) is 13.2 Å². The van der Waals surface area contributed by atoms with Gasteiger partial charge in [0.15, 0.2) is 6.10 Å². The van der Waals surface area contributed by atoms with Gasteiger partial charge in [-0.2, -0.15) is 0 Å². The predicted octanol–water partition coefficient (Wildman–Crippen LogP) is 18.3. The maximum atomic E-state index is 12.8. The fourth-order valence-corrected chi connectivity index (χ4v) is 8.24. The third kappa shape index (κ3) is 50.7. The van der Waals surface area contributed by atoms with Crippen LogP contribution >= 0.6 is 0 Å². The van der Waals surface area contributed by atoms with Crippen molar-refractivity contribution >= 4 is 17.9 Å². The molecular formula is C57H106O6. The summed E-state index contributed by atoms with van der Waals surface area (Å²) in [5.41, 5.74) is 0. The zero-order chi connectivity index (χ0) is 45.8. The van der Waals surface area contributed by atoms with Gasteiger partial charge in [-0.3, -0.25) is 14.4 Å². The molecule has 63 heavy (non-hydrogen) atoms. The van der Waals surface area contributed by atoms with Gasteiger partial charge in [0.05, 0.1) is 0 Å². The normalized spacial score (nSPS) is 12.1. The molecule has 0 unspecified atom stereocenters. The molecule has 0 rings (SSSR count).